The van der Waals surface area contributed by atoms with Crippen LogP contribution in [0.5, 0.6) is 0 Å². The Bertz CT molecular complexity index is 262. The quantitative estimate of drug-likeness (QED) is 0.769. The van der Waals surface area contributed by atoms with E-state index < -0.39 is 0 Å². The van der Waals surface area contributed by atoms with Crippen LogP contribution in [0.15, 0.2) is 0 Å². The van der Waals surface area contributed by atoms with Gasteiger partial charge in [0.2, 0.25) is 5.91 Å². The Morgan fingerprint density at radius 3 is 2.94 bits per heavy atom. The molecule has 2 fully saturated rings. The van der Waals surface area contributed by atoms with Gasteiger partial charge in [0, 0.05) is 11.8 Å². The second-order valence-electron chi connectivity index (χ2n) is 5.55. The lowest BCUT2D eigenvalue weighted by Gasteiger charge is -2.38. The van der Waals surface area contributed by atoms with Crippen molar-refractivity contribution >= 4 is 17.7 Å². The summed E-state index contributed by atoms with van der Waals surface area (Å²) in [5.41, 5.74) is 0.0913. The molecule has 3 nitrogen and oxygen atoms in total. The summed E-state index contributed by atoms with van der Waals surface area (Å²) in [5.74, 6) is 2.47. The summed E-state index contributed by atoms with van der Waals surface area (Å²) >= 11 is 1.94. The van der Waals surface area contributed by atoms with Crippen molar-refractivity contribution in [3.8, 4) is 0 Å². The molecule has 2 heterocycles. The summed E-state index contributed by atoms with van der Waals surface area (Å²) in [6.07, 6.45) is 3.44. The maximum Gasteiger partial charge on any atom is 0.237 e. The molecule has 0 aromatic carbocycles. The minimum atomic E-state index is -0.00755. The Labute approximate surface area is 102 Å². The highest BCUT2D eigenvalue weighted by atomic mass is 32.2. The third kappa shape index (κ3) is 2.72. The molecule has 0 spiro atoms. The summed E-state index contributed by atoms with van der Waals surface area (Å²) in [7, 11) is 0. The number of carbonyl (C=O) groups excluding carboxylic acids is 1. The normalized spacial score (nSPS) is 33.6. The van der Waals surface area contributed by atoms with Gasteiger partial charge in [0.05, 0.1) is 6.04 Å². The number of hydrogen-bond donors (Lipinski definition) is 2. The zero-order valence-corrected chi connectivity index (χ0v) is 11.0. The van der Waals surface area contributed by atoms with Crippen LogP contribution in [0, 0.1) is 5.41 Å². The second-order valence-corrected chi connectivity index (χ2v) is 6.70. The first-order valence-corrected chi connectivity index (χ1v) is 7.36. The monoisotopic (exact) mass is 242 g/mol. The molecule has 2 rings (SSSR count). The smallest absolute Gasteiger partial charge is 0.237 e. The third-order valence-electron chi connectivity index (χ3n) is 3.67. The van der Waals surface area contributed by atoms with Gasteiger partial charge in [-0.15, -0.1) is 0 Å². The van der Waals surface area contributed by atoms with Crippen molar-refractivity contribution in [3.63, 3.8) is 0 Å². The van der Waals surface area contributed by atoms with E-state index in [1.54, 1.807) is 0 Å². The molecule has 0 aliphatic carbocycles. The number of piperidine rings is 1. The highest BCUT2D eigenvalue weighted by Crippen LogP contribution is 2.30. The fraction of sp³-hybridized carbons (Fsp3) is 0.917. The van der Waals surface area contributed by atoms with Crippen molar-refractivity contribution in [3.05, 3.63) is 0 Å². The summed E-state index contributed by atoms with van der Waals surface area (Å²) < 4.78 is 0. The van der Waals surface area contributed by atoms with Crippen LogP contribution in [-0.4, -0.2) is 36.0 Å². The molecule has 0 radical (unpaired) electrons. The van der Waals surface area contributed by atoms with E-state index in [1.165, 1.54) is 12.2 Å². The topological polar surface area (TPSA) is 41.1 Å². The molecule has 0 aromatic heterocycles. The summed E-state index contributed by atoms with van der Waals surface area (Å²) in [5, 5.41) is 6.55. The standard InChI is InChI=1S/C12H22N2OS/c1-12(2)5-3-6-13-10(12)11(15)14-9-4-7-16-8-9/h9-10,13H,3-8H2,1-2H3,(H,14,15). The van der Waals surface area contributed by atoms with Gasteiger partial charge in [-0.25, -0.2) is 0 Å². The summed E-state index contributed by atoms with van der Waals surface area (Å²) in [4.78, 5) is 12.2. The van der Waals surface area contributed by atoms with Crippen LogP contribution in [0.1, 0.15) is 33.1 Å². The molecule has 92 valence electrons. The maximum absolute atomic E-state index is 12.2. The molecule has 2 aliphatic heterocycles. The van der Waals surface area contributed by atoms with Gasteiger partial charge in [0.25, 0.3) is 0 Å². The van der Waals surface area contributed by atoms with Crippen LogP contribution in [0.25, 0.3) is 0 Å². The summed E-state index contributed by atoms with van der Waals surface area (Å²) in [6, 6.07) is 0.392. The lowest BCUT2D eigenvalue weighted by molar-refractivity contribution is -0.127. The molecular formula is C12H22N2OS. The van der Waals surface area contributed by atoms with Crippen molar-refractivity contribution in [1.29, 1.82) is 0 Å². The van der Waals surface area contributed by atoms with E-state index in [2.05, 4.69) is 24.5 Å². The first-order chi connectivity index (χ1) is 7.59. The predicted octanol–water partition coefficient (Wildman–Crippen LogP) is 1.39. The largest absolute Gasteiger partial charge is 0.351 e. The minimum absolute atomic E-state index is 0.00755. The molecule has 0 bridgehead atoms. The number of amides is 1. The van der Waals surface area contributed by atoms with Crippen molar-refractivity contribution in [2.24, 2.45) is 5.41 Å². The van der Waals surface area contributed by atoms with Gasteiger partial charge < -0.3 is 10.6 Å². The number of thioether (sulfide) groups is 1. The number of hydrogen-bond acceptors (Lipinski definition) is 3. The van der Waals surface area contributed by atoms with Crippen LogP contribution in [-0.2, 0) is 4.79 Å². The van der Waals surface area contributed by atoms with Crippen LogP contribution < -0.4 is 10.6 Å². The third-order valence-corrected chi connectivity index (χ3v) is 4.83. The molecule has 2 unspecified atom stereocenters. The molecule has 1 amide bonds. The molecule has 4 heteroatoms. The highest BCUT2D eigenvalue weighted by molar-refractivity contribution is 7.99. The molecule has 2 saturated heterocycles. The molecular weight excluding hydrogens is 220 g/mol. The van der Waals surface area contributed by atoms with Crippen molar-refractivity contribution in [1.82, 2.24) is 10.6 Å². The van der Waals surface area contributed by atoms with Crippen LogP contribution in [0.2, 0.25) is 0 Å². The fourth-order valence-corrected chi connectivity index (χ4v) is 3.74. The van der Waals surface area contributed by atoms with Crippen molar-refractivity contribution in [2.45, 2.75) is 45.2 Å². The Balaban J connectivity index is 1.91. The average Bonchev–Trinajstić information content (AvgIpc) is 2.69. The molecule has 16 heavy (non-hydrogen) atoms. The minimum Gasteiger partial charge on any atom is -0.351 e. The number of rotatable bonds is 2. The van der Waals surface area contributed by atoms with E-state index in [0.29, 0.717) is 6.04 Å². The summed E-state index contributed by atoms with van der Waals surface area (Å²) in [6.45, 7) is 5.35. The highest BCUT2D eigenvalue weighted by Gasteiger charge is 2.37. The van der Waals surface area contributed by atoms with E-state index in [-0.39, 0.29) is 17.4 Å². The van der Waals surface area contributed by atoms with Crippen molar-refractivity contribution < 1.29 is 4.79 Å². The van der Waals surface area contributed by atoms with E-state index in [1.807, 2.05) is 11.8 Å². The average molecular weight is 242 g/mol. The Morgan fingerprint density at radius 2 is 2.31 bits per heavy atom. The van der Waals surface area contributed by atoms with Gasteiger partial charge in [-0.3, -0.25) is 4.79 Å². The van der Waals surface area contributed by atoms with Gasteiger partial charge in [0.1, 0.15) is 0 Å². The van der Waals surface area contributed by atoms with Crippen LogP contribution in [0.4, 0.5) is 0 Å². The van der Waals surface area contributed by atoms with Crippen LogP contribution in [0.3, 0.4) is 0 Å². The van der Waals surface area contributed by atoms with Crippen LogP contribution >= 0.6 is 11.8 Å². The zero-order valence-electron chi connectivity index (χ0n) is 10.2. The van der Waals surface area contributed by atoms with Gasteiger partial charge in [-0.05, 0) is 37.0 Å². The molecule has 0 saturated carbocycles. The van der Waals surface area contributed by atoms with E-state index in [9.17, 15) is 4.79 Å². The van der Waals surface area contributed by atoms with Gasteiger partial charge in [0.15, 0.2) is 0 Å². The Hall–Kier alpha value is -0.220. The second kappa shape index (κ2) is 4.96. The van der Waals surface area contributed by atoms with Crippen molar-refractivity contribution in [2.75, 3.05) is 18.1 Å². The van der Waals surface area contributed by atoms with Gasteiger partial charge >= 0.3 is 0 Å². The predicted molar refractivity (Wildman–Crippen MR) is 68.7 cm³/mol. The molecule has 0 aromatic rings. The lowest BCUT2D eigenvalue weighted by Crippen LogP contribution is -2.57. The van der Waals surface area contributed by atoms with E-state index >= 15 is 0 Å². The number of nitrogens with one attached hydrogen (secondary N) is 2. The van der Waals surface area contributed by atoms with E-state index in [4.69, 9.17) is 0 Å². The van der Waals surface area contributed by atoms with Gasteiger partial charge in [-0.2, -0.15) is 11.8 Å². The molecule has 2 aliphatic rings. The fourth-order valence-electron chi connectivity index (χ4n) is 2.59. The molecule has 2 atom stereocenters. The van der Waals surface area contributed by atoms with Gasteiger partial charge in [-0.1, -0.05) is 13.8 Å². The Kier molecular flexibility index (Phi) is 3.80. The maximum atomic E-state index is 12.2. The molecule has 2 N–H and O–H groups in total. The first-order valence-electron chi connectivity index (χ1n) is 6.21. The number of carbonyl (C=O) groups is 1. The van der Waals surface area contributed by atoms with E-state index in [0.717, 1.165) is 25.1 Å². The zero-order chi connectivity index (χ0) is 11.6. The SMILES string of the molecule is CC1(C)CCCNC1C(=O)NC1CCSC1. The Morgan fingerprint density at radius 1 is 1.50 bits per heavy atom. The lowest BCUT2D eigenvalue weighted by atomic mass is 9.77. The first kappa shape index (κ1) is 12.2.